The summed E-state index contributed by atoms with van der Waals surface area (Å²) in [5.74, 6) is -0.916. The minimum Gasteiger partial charge on any atom is -0.482 e. The van der Waals surface area contributed by atoms with Crippen molar-refractivity contribution in [2.45, 2.75) is 13.8 Å². The van der Waals surface area contributed by atoms with Gasteiger partial charge >= 0.3 is 5.97 Å². The van der Waals surface area contributed by atoms with Crippen LogP contribution in [0.4, 0.5) is 5.69 Å². The SMILES string of the molecule is Cc1nc(C)c(C(=O)Nc2cccc(OCC(=O)O)c2)s1. The Balaban J connectivity index is 2.09. The molecule has 2 rings (SSSR count). The van der Waals surface area contributed by atoms with Gasteiger partial charge in [-0.2, -0.15) is 0 Å². The summed E-state index contributed by atoms with van der Waals surface area (Å²) in [5, 5.41) is 12.1. The lowest BCUT2D eigenvalue weighted by Gasteiger charge is -2.07. The summed E-state index contributed by atoms with van der Waals surface area (Å²) in [7, 11) is 0. The highest BCUT2D eigenvalue weighted by Crippen LogP contribution is 2.21. The van der Waals surface area contributed by atoms with Crippen LogP contribution >= 0.6 is 11.3 Å². The van der Waals surface area contributed by atoms with Crippen LogP contribution < -0.4 is 10.1 Å². The molecule has 0 aliphatic heterocycles. The number of nitrogens with zero attached hydrogens (tertiary/aromatic N) is 1. The number of amides is 1. The van der Waals surface area contributed by atoms with Gasteiger partial charge in [-0.1, -0.05) is 6.07 Å². The van der Waals surface area contributed by atoms with Crippen molar-refractivity contribution in [3.05, 3.63) is 39.8 Å². The molecule has 0 spiro atoms. The van der Waals surface area contributed by atoms with Crippen molar-refractivity contribution in [3.8, 4) is 5.75 Å². The maximum absolute atomic E-state index is 12.2. The summed E-state index contributed by atoms with van der Waals surface area (Å²) in [5.41, 5.74) is 1.22. The largest absolute Gasteiger partial charge is 0.482 e. The number of thiazole rings is 1. The molecule has 1 heterocycles. The topological polar surface area (TPSA) is 88.5 Å². The average molecular weight is 306 g/mol. The molecule has 0 unspecified atom stereocenters. The van der Waals surface area contributed by atoms with Crippen molar-refractivity contribution in [2.75, 3.05) is 11.9 Å². The van der Waals surface area contributed by atoms with E-state index in [2.05, 4.69) is 10.3 Å². The van der Waals surface area contributed by atoms with Gasteiger partial charge in [0.15, 0.2) is 6.61 Å². The molecule has 0 fully saturated rings. The number of aromatic nitrogens is 1. The van der Waals surface area contributed by atoms with E-state index >= 15 is 0 Å². The second kappa shape index (κ2) is 6.36. The summed E-state index contributed by atoms with van der Waals surface area (Å²) in [6, 6.07) is 6.58. The molecule has 0 aliphatic carbocycles. The Hall–Kier alpha value is -2.41. The quantitative estimate of drug-likeness (QED) is 0.886. The van der Waals surface area contributed by atoms with Crippen LogP contribution in [0.25, 0.3) is 0 Å². The van der Waals surface area contributed by atoms with E-state index in [9.17, 15) is 9.59 Å². The van der Waals surface area contributed by atoms with Gasteiger partial charge in [-0.25, -0.2) is 9.78 Å². The Labute approximate surface area is 125 Å². The predicted molar refractivity (Wildman–Crippen MR) is 79.1 cm³/mol. The summed E-state index contributed by atoms with van der Waals surface area (Å²) in [4.78, 5) is 27.4. The van der Waals surface area contributed by atoms with Gasteiger partial charge in [-0.3, -0.25) is 4.79 Å². The van der Waals surface area contributed by atoms with Crippen LogP contribution in [0, 0.1) is 13.8 Å². The van der Waals surface area contributed by atoms with Gasteiger partial charge in [0.05, 0.1) is 10.7 Å². The zero-order chi connectivity index (χ0) is 15.4. The molecule has 2 aromatic rings. The lowest BCUT2D eigenvalue weighted by molar-refractivity contribution is -0.139. The number of aryl methyl sites for hydroxylation is 2. The van der Waals surface area contributed by atoms with Crippen LogP contribution in [0.2, 0.25) is 0 Å². The number of benzene rings is 1. The molecule has 1 amide bonds. The van der Waals surface area contributed by atoms with Crippen LogP contribution in [-0.2, 0) is 4.79 Å². The standard InChI is InChI=1S/C14H14N2O4S/c1-8-13(21-9(2)15-8)14(19)16-10-4-3-5-11(6-10)20-7-12(17)18/h3-6H,7H2,1-2H3,(H,16,19)(H,17,18). The normalized spacial score (nSPS) is 10.2. The van der Waals surface area contributed by atoms with Crippen LogP contribution in [-0.4, -0.2) is 28.6 Å². The second-order valence-corrected chi connectivity index (χ2v) is 5.51. The van der Waals surface area contributed by atoms with Crippen molar-refractivity contribution >= 4 is 28.9 Å². The van der Waals surface area contributed by atoms with Crippen LogP contribution in [0.15, 0.2) is 24.3 Å². The van der Waals surface area contributed by atoms with Crippen molar-refractivity contribution in [1.29, 1.82) is 0 Å². The van der Waals surface area contributed by atoms with Gasteiger partial charge in [0.2, 0.25) is 0 Å². The molecule has 0 aliphatic rings. The molecule has 7 heteroatoms. The van der Waals surface area contributed by atoms with Crippen LogP contribution in [0.3, 0.4) is 0 Å². The van der Waals surface area contributed by atoms with Gasteiger partial charge in [0.25, 0.3) is 5.91 Å². The fourth-order valence-electron chi connectivity index (χ4n) is 1.74. The number of carbonyl (C=O) groups excluding carboxylic acids is 1. The van der Waals surface area contributed by atoms with E-state index in [0.717, 1.165) is 5.01 Å². The van der Waals surface area contributed by atoms with E-state index in [-0.39, 0.29) is 5.91 Å². The number of carboxylic acids is 1. The Kier molecular flexibility index (Phi) is 4.54. The number of nitrogens with one attached hydrogen (secondary N) is 1. The Morgan fingerprint density at radius 2 is 2.14 bits per heavy atom. The van der Waals surface area contributed by atoms with Crippen LogP contribution in [0.1, 0.15) is 20.4 Å². The first-order chi connectivity index (χ1) is 9.95. The zero-order valence-corrected chi connectivity index (χ0v) is 12.4. The zero-order valence-electron chi connectivity index (χ0n) is 11.5. The second-order valence-electron chi connectivity index (χ2n) is 4.31. The maximum Gasteiger partial charge on any atom is 0.341 e. The molecular formula is C14H14N2O4S. The number of hydrogen-bond donors (Lipinski definition) is 2. The predicted octanol–water partition coefficient (Wildman–Crippen LogP) is 2.48. The van der Waals surface area contributed by atoms with E-state index in [1.165, 1.54) is 11.3 Å². The highest BCUT2D eigenvalue weighted by atomic mass is 32.1. The number of rotatable bonds is 5. The van der Waals surface area contributed by atoms with Crippen molar-refractivity contribution in [2.24, 2.45) is 0 Å². The van der Waals surface area contributed by atoms with Gasteiger partial charge in [0, 0.05) is 11.8 Å². The fraction of sp³-hybridized carbons (Fsp3) is 0.214. The van der Waals surface area contributed by atoms with Crippen molar-refractivity contribution in [1.82, 2.24) is 4.98 Å². The molecule has 21 heavy (non-hydrogen) atoms. The third kappa shape index (κ3) is 4.03. The van der Waals surface area contributed by atoms with Gasteiger partial charge in [0.1, 0.15) is 10.6 Å². The minimum atomic E-state index is -1.06. The van der Waals surface area contributed by atoms with E-state index in [1.807, 2.05) is 6.92 Å². The van der Waals surface area contributed by atoms with E-state index in [4.69, 9.17) is 9.84 Å². The van der Waals surface area contributed by atoms with Gasteiger partial charge in [-0.15, -0.1) is 11.3 Å². The molecular weight excluding hydrogens is 292 g/mol. The lowest BCUT2D eigenvalue weighted by Crippen LogP contribution is -2.12. The number of anilines is 1. The molecule has 0 saturated carbocycles. The highest BCUT2D eigenvalue weighted by molar-refractivity contribution is 7.13. The Morgan fingerprint density at radius 1 is 1.38 bits per heavy atom. The number of hydrogen-bond acceptors (Lipinski definition) is 5. The molecule has 110 valence electrons. The summed E-state index contributed by atoms with van der Waals surface area (Å²) < 4.78 is 5.06. The molecule has 1 aromatic carbocycles. The lowest BCUT2D eigenvalue weighted by atomic mass is 10.3. The molecule has 6 nitrogen and oxygen atoms in total. The van der Waals surface area contributed by atoms with E-state index in [1.54, 1.807) is 31.2 Å². The Bertz CT molecular complexity index is 681. The number of aliphatic carboxylic acids is 1. The average Bonchev–Trinajstić information content (AvgIpc) is 2.76. The molecule has 0 radical (unpaired) electrons. The van der Waals surface area contributed by atoms with E-state index in [0.29, 0.717) is 22.0 Å². The molecule has 1 aromatic heterocycles. The number of carboxylic acid groups (broad SMARTS) is 1. The Morgan fingerprint density at radius 3 is 2.76 bits per heavy atom. The van der Waals surface area contributed by atoms with Crippen molar-refractivity contribution < 1.29 is 19.4 Å². The molecule has 0 atom stereocenters. The highest BCUT2D eigenvalue weighted by Gasteiger charge is 2.14. The smallest absolute Gasteiger partial charge is 0.341 e. The van der Waals surface area contributed by atoms with Crippen LogP contribution in [0.5, 0.6) is 5.75 Å². The first-order valence-electron chi connectivity index (χ1n) is 6.16. The molecule has 0 saturated heterocycles. The first-order valence-corrected chi connectivity index (χ1v) is 6.97. The molecule has 0 bridgehead atoms. The summed E-state index contributed by atoms with van der Waals surface area (Å²) >= 11 is 1.33. The van der Waals surface area contributed by atoms with Gasteiger partial charge < -0.3 is 15.2 Å². The maximum atomic E-state index is 12.2. The summed E-state index contributed by atoms with van der Waals surface area (Å²) in [6.07, 6.45) is 0. The first kappa shape index (κ1) is 15.0. The van der Waals surface area contributed by atoms with Crippen molar-refractivity contribution in [3.63, 3.8) is 0 Å². The number of carbonyl (C=O) groups is 2. The third-order valence-corrected chi connectivity index (χ3v) is 3.64. The molecule has 2 N–H and O–H groups in total. The van der Waals surface area contributed by atoms with Gasteiger partial charge in [-0.05, 0) is 26.0 Å². The monoisotopic (exact) mass is 306 g/mol. The summed E-state index contributed by atoms with van der Waals surface area (Å²) in [6.45, 7) is 3.20. The number of ether oxygens (including phenoxy) is 1. The fourth-order valence-corrected chi connectivity index (χ4v) is 2.55. The third-order valence-electron chi connectivity index (χ3n) is 2.56. The van der Waals surface area contributed by atoms with E-state index < -0.39 is 12.6 Å². The minimum absolute atomic E-state index is 0.242.